The van der Waals surface area contributed by atoms with Crippen LogP contribution in [0.25, 0.3) is 22.0 Å². The van der Waals surface area contributed by atoms with Crippen molar-refractivity contribution in [2.75, 3.05) is 0 Å². The summed E-state index contributed by atoms with van der Waals surface area (Å²) in [5, 5.41) is 16.6. The molecule has 1 heterocycles. The van der Waals surface area contributed by atoms with Crippen molar-refractivity contribution in [1.82, 2.24) is 9.78 Å². The summed E-state index contributed by atoms with van der Waals surface area (Å²) in [6.07, 6.45) is -0.802. The molecule has 0 radical (unpaired) electrons. The molecular formula is C23H20N2O2. The lowest BCUT2D eigenvalue weighted by Gasteiger charge is -2.15. The molecule has 0 saturated carbocycles. The summed E-state index contributed by atoms with van der Waals surface area (Å²) >= 11 is 0. The van der Waals surface area contributed by atoms with Crippen molar-refractivity contribution in [2.24, 2.45) is 0 Å². The Morgan fingerprint density at radius 3 is 2.22 bits per heavy atom. The summed E-state index contributed by atoms with van der Waals surface area (Å²) in [6.45, 7) is 2.14. The largest absolute Gasteiger partial charge is 0.386 e. The van der Waals surface area contributed by atoms with E-state index in [9.17, 15) is 9.90 Å². The Bertz CT molecular complexity index is 1130. The van der Waals surface area contributed by atoms with Crippen LogP contribution in [0, 0.1) is 6.92 Å². The van der Waals surface area contributed by atoms with Crippen LogP contribution >= 0.6 is 0 Å². The first kappa shape index (κ1) is 17.2. The van der Waals surface area contributed by atoms with Gasteiger partial charge in [0.25, 0.3) is 5.56 Å². The van der Waals surface area contributed by atoms with E-state index in [4.69, 9.17) is 0 Å². The molecule has 27 heavy (non-hydrogen) atoms. The van der Waals surface area contributed by atoms with Crippen LogP contribution in [-0.2, 0) is 6.54 Å². The Labute approximate surface area is 157 Å². The second kappa shape index (κ2) is 7.17. The molecule has 4 aromatic rings. The highest BCUT2D eigenvalue weighted by Crippen LogP contribution is 2.25. The number of rotatable bonds is 4. The monoisotopic (exact) mass is 356 g/mol. The summed E-state index contributed by atoms with van der Waals surface area (Å²) in [6, 6.07) is 24.9. The molecule has 0 spiro atoms. The van der Waals surface area contributed by atoms with E-state index in [2.05, 4.69) is 5.10 Å². The average Bonchev–Trinajstić information content (AvgIpc) is 2.71. The van der Waals surface area contributed by atoms with Crippen molar-refractivity contribution in [3.8, 4) is 11.3 Å². The van der Waals surface area contributed by atoms with Gasteiger partial charge in [-0.3, -0.25) is 4.79 Å². The SMILES string of the molecule is Cc1ccc(-c2nn(C[C@H](O)c3ccccc3)c(=O)c3ccccc23)cc1. The smallest absolute Gasteiger partial charge is 0.274 e. The minimum absolute atomic E-state index is 0.104. The zero-order valence-corrected chi connectivity index (χ0v) is 15.0. The highest BCUT2D eigenvalue weighted by Gasteiger charge is 2.15. The minimum Gasteiger partial charge on any atom is -0.386 e. The van der Waals surface area contributed by atoms with Gasteiger partial charge in [0.1, 0.15) is 0 Å². The van der Waals surface area contributed by atoms with Gasteiger partial charge in [-0.2, -0.15) is 5.10 Å². The molecular weight excluding hydrogens is 336 g/mol. The number of fused-ring (bicyclic) bond motifs is 1. The lowest BCUT2D eigenvalue weighted by molar-refractivity contribution is 0.150. The van der Waals surface area contributed by atoms with Crippen LogP contribution in [0.3, 0.4) is 0 Å². The summed E-state index contributed by atoms with van der Waals surface area (Å²) in [5.41, 5.74) is 3.41. The summed E-state index contributed by atoms with van der Waals surface area (Å²) < 4.78 is 1.37. The Morgan fingerprint density at radius 1 is 0.889 bits per heavy atom. The van der Waals surface area contributed by atoms with E-state index < -0.39 is 6.10 Å². The minimum atomic E-state index is -0.802. The highest BCUT2D eigenvalue weighted by atomic mass is 16.3. The molecule has 1 N–H and O–H groups in total. The third-order valence-corrected chi connectivity index (χ3v) is 4.72. The van der Waals surface area contributed by atoms with Gasteiger partial charge in [0.15, 0.2) is 0 Å². The van der Waals surface area contributed by atoms with Crippen molar-refractivity contribution in [3.63, 3.8) is 0 Å². The second-order valence-electron chi connectivity index (χ2n) is 6.67. The second-order valence-corrected chi connectivity index (χ2v) is 6.67. The van der Waals surface area contributed by atoms with E-state index in [0.717, 1.165) is 27.8 Å². The van der Waals surface area contributed by atoms with Gasteiger partial charge in [0.05, 0.1) is 23.7 Å². The van der Waals surface area contributed by atoms with Gasteiger partial charge in [-0.25, -0.2) is 4.68 Å². The summed E-state index contributed by atoms with van der Waals surface area (Å²) in [4.78, 5) is 12.9. The molecule has 0 fully saturated rings. The number of hydrogen-bond donors (Lipinski definition) is 1. The van der Waals surface area contributed by atoms with Gasteiger partial charge >= 0.3 is 0 Å². The van der Waals surface area contributed by atoms with Crippen molar-refractivity contribution < 1.29 is 5.11 Å². The van der Waals surface area contributed by atoms with Crippen LogP contribution in [0.1, 0.15) is 17.2 Å². The van der Waals surface area contributed by atoms with E-state index >= 15 is 0 Å². The molecule has 0 bridgehead atoms. The van der Waals surface area contributed by atoms with E-state index in [1.165, 1.54) is 4.68 Å². The Balaban J connectivity index is 1.85. The number of aryl methyl sites for hydroxylation is 1. The average molecular weight is 356 g/mol. The predicted molar refractivity (Wildman–Crippen MR) is 108 cm³/mol. The van der Waals surface area contributed by atoms with Crippen molar-refractivity contribution in [1.29, 1.82) is 0 Å². The van der Waals surface area contributed by atoms with Gasteiger partial charge < -0.3 is 5.11 Å². The van der Waals surface area contributed by atoms with Crippen LogP contribution in [0.5, 0.6) is 0 Å². The van der Waals surface area contributed by atoms with E-state index in [1.807, 2.05) is 85.8 Å². The molecule has 4 heteroatoms. The number of aliphatic hydroxyl groups is 1. The lowest BCUT2D eigenvalue weighted by atomic mass is 10.0. The van der Waals surface area contributed by atoms with E-state index in [1.54, 1.807) is 0 Å². The molecule has 0 amide bonds. The first-order valence-electron chi connectivity index (χ1n) is 8.93. The number of benzene rings is 3. The molecule has 1 atom stereocenters. The van der Waals surface area contributed by atoms with Crippen LogP contribution in [0.2, 0.25) is 0 Å². The summed E-state index contributed by atoms with van der Waals surface area (Å²) in [5.74, 6) is 0. The van der Waals surface area contributed by atoms with Crippen LogP contribution in [0.4, 0.5) is 0 Å². The third-order valence-electron chi connectivity index (χ3n) is 4.72. The maximum absolute atomic E-state index is 12.9. The Hall–Kier alpha value is -3.24. The first-order chi connectivity index (χ1) is 13.1. The third kappa shape index (κ3) is 3.39. The fraction of sp³-hybridized carbons (Fsp3) is 0.130. The maximum atomic E-state index is 12.9. The van der Waals surface area contributed by atoms with Gasteiger partial charge in [0, 0.05) is 10.9 Å². The fourth-order valence-corrected chi connectivity index (χ4v) is 3.23. The van der Waals surface area contributed by atoms with Crippen molar-refractivity contribution in [3.05, 3.63) is 100 Å². The van der Waals surface area contributed by atoms with Gasteiger partial charge in [-0.05, 0) is 18.6 Å². The lowest BCUT2D eigenvalue weighted by Crippen LogP contribution is -2.26. The van der Waals surface area contributed by atoms with Crippen molar-refractivity contribution >= 4 is 10.8 Å². The van der Waals surface area contributed by atoms with E-state index in [0.29, 0.717) is 5.39 Å². The molecule has 1 aromatic heterocycles. The van der Waals surface area contributed by atoms with Crippen LogP contribution < -0.4 is 5.56 Å². The maximum Gasteiger partial charge on any atom is 0.274 e. The predicted octanol–water partition coefficient (Wildman–Crippen LogP) is 4.11. The van der Waals surface area contributed by atoms with Gasteiger partial charge in [0.2, 0.25) is 0 Å². The number of nitrogens with zero attached hydrogens (tertiary/aromatic N) is 2. The number of hydrogen-bond acceptors (Lipinski definition) is 3. The molecule has 0 aliphatic rings. The first-order valence-corrected chi connectivity index (χ1v) is 8.93. The quantitative estimate of drug-likeness (QED) is 0.599. The van der Waals surface area contributed by atoms with Gasteiger partial charge in [-0.1, -0.05) is 78.4 Å². The zero-order chi connectivity index (χ0) is 18.8. The van der Waals surface area contributed by atoms with Crippen molar-refractivity contribution in [2.45, 2.75) is 19.6 Å². The van der Waals surface area contributed by atoms with Crippen LogP contribution in [0.15, 0.2) is 83.7 Å². The Morgan fingerprint density at radius 2 is 1.52 bits per heavy atom. The molecule has 0 aliphatic heterocycles. The topological polar surface area (TPSA) is 55.1 Å². The zero-order valence-electron chi connectivity index (χ0n) is 15.0. The number of aliphatic hydroxyl groups excluding tert-OH is 1. The molecule has 0 unspecified atom stereocenters. The van der Waals surface area contributed by atoms with E-state index in [-0.39, 0.29) is 12.1 Å². The van der Waals surface area contributed by atoms with Crippen LogP contribution in [-0.4, -0.2) is 14.9 Å². The standard InChI is InChI=1S/C23H20N2O2/c1-16-11-13-18(14-12-16)22-19-9-5-6-10-20(19)23(27)25(24-22)15-21(26)17-7-3-2-4-8-17/h2-14,21,26H,15H2,1H3/t21-/m0/s1. The molecule has 0 saturated heterocycles. The molecule has 4 rings (SSSR count). The summed E-state index contributed by atoms with van der Waals surface area (Å²) in [7, 11) is 0. The number of aromatic nitrogens is 2. The molecule has 3 aromatic carbocycles. The Kier molecular flexibility index (Phi) is 4.57. The molecule has 134 valence electrons. The molecule has 0 aliphatic carbocycles. The van der Waals surface area contributed by atoms with Gasteiger partial charge in [-0.15, -0.1) is 0 Å². The normalized spacial score (nSPS) is 12.2. The fourth-order valence-electron chi connectivity index (χ4n) is 3.23. The highest BCUT2D eigenvalue weighted by molar-refractivity contribution is 5.93. The molecule has 4 nitrogen and oxygen atoms in total.